The fraction of sp³-hybridized carbons (Fsp3) is 0.368. The van der Waals surface area contributed by atoms with Crippen molar-refractivity contribution in [3.8, 4) is 0 Å². The van der Waals surface area contributed by atoms with Crippen molar-refractivity contribution in [2.24, 2.45) is 0 Å². The molecule has 1 atom stereocenters. The number of hydrogen-bond donors (Lipinski definition) is 1. The molecule has 0 spiro atoms. The van der Waals surface area contributed by atoms with Gasteiger partial charge < -0.3 is 5.32 Å². The van der Waals surface area contributed by atoms with E-state index in [9.17, 15) is 12.8 Å². The molecule has 1 unspecified atom stereocenters. The molecular formula is C19H21FN2O2S. The van der Waals surface area contributed by atoms with Crippen molar-refractivity contribution in [3.63, 3.8) is 0 Å². The summed E-state index contributed by atoms with van der Waals surface area (Å²) in [6.07, 6.45) is 1.94. The molecule has 132 valence electrons. The van der Waals surface area contributed by atoms with Crippen LogP contribution in [0.2, 0.25) is 0 Å². The van der Waals surface area contributed by atoms with E-state index in [4.69, 9.17) is 0 Å². The molecule has 0 saturated carbocycles. The summed E-state index contributed by atoms with van der Waals surface area (Å²) in [6.45, 7) is 4.06. The number of nitrogens with one attached hydrogen (secondary N) is 1. The quantitative estimate of drug-likeness (QED) is 0.855. The monoisotopic (exact) mass is 360 g/mol. The summed E-state index contributed by atoms with van der Waals surface area (Å²) in [6, 6.07) is 10.9. The summed E-state index contributed by atoms with van der Waals surface area (Å²) in [5, 5.41) is 3.37. The summed E-state index contributed by atoms with van der Waals surface area (Å²) in [5.74, 6) is -0.438. The lowest BCUT2D eigenvalue weighted by molar-refractivity contribution is 0.173. The number of sulfone groups is 1. The van der Waals surface area contributed by atoms with Crippen LogP contribution < -0.4 is 5.32 Å². The van der Waals surface area contributed by atoms with Crippen molar-refractivity contribution in [3.05, 3.63) is 59.4 Å². The molecule has 1 aliphatic heterocycles. The van der Waals surface area contributed by atoms with Crippen LogP contribution in [0.4, 0.5) is 4.39 Å². The predicted octanol–water partition coefficient (Wildman–Crippen LogP) is 2.55. The maximum absolute atomic E-state index is 13.1. The molecule has 1 fully saturated rings. The lowest BCUT2D eigenvalue weighted by atomic mass is 10.1. The molecule has 0 aromatic heterocycles. The highest BCUT2D eigenvalue weighted by atomic mass is 32.2. The third kappa shape index (κ3) is 3.10. The maximum Gasteiger partial charge on any atom is 0.206 e. The van der Waals surface area contributed by atoms with E-state index < -0.39 is 15.7 Å². The summed E-state index contributed by atoms with van der Waals surface area (Å²) >= 11 is 0. The Morgan fingerprint density at radius 3 is 2.40 bits per heavy atom. The Bertz CT molecular complexity index is 875. The van der Waals surface area contributed by atoms with Gasteiger partial charge in [-0.05, 0) is 60.4 Å². The van der Waals surface area contributed by atoms with Crippen molar-refractivity contribution in [2.75, 3.05) is 26.2 Å². The van der Waals surface area contributed by atoms with Crippen molar-refractivity contribution in [2.45, 2.75) is 28.7 Å². The number of fused-ring (bicyclic) bond motifs is 1. The van der Waals surface area contributed by atoms with E-state index in [2.05, 4.69) is 10.2 Å². The number of piperazine rings is 1. The minimum Gasteiger partial charge on any atom is -0.314 e. The molecular weight excluding hydrogens is 339 g/mol. The molecule has 2 aromatic rings. The number of halogens is 1. The van der Waals surface area contributed by atoms with E-state index in [1.165, 1.54) is 29.8 Å². The smallest absolute Gasteiger partial charge is 0.206 e. The summed E-state index contributed by atoms with van der Waals surface area (Å²) in [4.78, 5) is 2.90. The van der Waals surface area contributed by atoms with Gasteiger partial charge in [0.25, 0.3) is 0 Å². The minimum absolute atomic E-state index is 0.130. The topological polar surface area (TPSA) is 49.4 Å². The van der Waals surface area contributed by atoms with E-state index in [1.54, 1.807) is 12.1 Å². The van der Waals surface area contributed by atoms with Crippen LogP contribution in [0.1, 0.15) is 23.6 Å². The van der Waals surface area contributed by atoms with E-state index in [1.807, 2.05) is 6.07 Å². The summed E-state index contributed by atoms with van der Waals surface area (Å²) in [7, 11) is -3.61. The zero-order valence-corrected chi connectivity index (χ0v) is 14.7. The number of nitrogens with zero attached hydrogens (tertiary/aromatic N) is 1. The van der Waals surface area contributed by atoms with Gasteiger partial charge in [-0.15, -0.1) is 0 Å². The highest BCUT2D eigenvalue weighted by Crippen LogP contribution is 2.37. The van der Waals surface area contributed by atoms with Gasteiger partial charge in [0.1, 0.15) is 5.82 Å². The van der Waals surface area contributed by atoms with Gasteiger partial charge >= 0.3 is 0 Å². The van der Waals surface area contributed by atoms with Crippen LogP contribution in [-0.2, 0) is 16.3 Å². The highest BCUT2D eigenvalue weighted by Gasteiger charge is 2.30. The summed E-state index contributed by atoms with van der Waals surface area (Å²) in [5.41, 5.74) is 2.37. The van der Waals surface area contributed by atoms with Gasteiger partial charge in [-0.3, -0.25) is 4.90 Å². The van der Waals surface area contributed by atoms with Crippen LogP contribution in [-0.4, -0.2) is 39.5 Å². The van der Waals surface area contributed by atoms with E-state index in [0.717, 1.165) is 44.6 Å². The SMILES string of the molecule is O=S(=O)(c1ccc(F)cc1)c1ccc2c(c1)CCC2N1CCNCC1. The molecule has 4 nitrogen and oxygen atoms in total. The van der Waals surface area contributed by atoms with E-state index in [-0.39, 0.29) is 4.90 Å². The minimum atomic E-state index is -3.61. The first-order valence-electron chi connectivity index (χ1n) is 8.64. The Balaban J connectivity index is 1.64. The molecule has 1 saturated heterocycles. The van der Waals surface area contributed by atoms with Crippen LogP contribution in [0.25, 0.3) is 0 Å². The zero-order chi connectivity index (χ0) is 17.4. The average Bonchev–Trinajstić information content (AvgIpc) is 3.06. The van der Waals surface area contributed by atoms with Gasteiger partial charge in [0.05, 0.1) is 9.79 Å². The first kappa shape index (κ1) is 16.7. The van der Waals surface area contributed by atoms with Crippen molar-refractivity contribution < 1.29 is 12.8 Å². The molecule has 2 aliphatic rings. The van der Waals surface area contributed by atoms with Gasteiger partial charge in [0.15, 0.2) is 0 Å². The molecule has 2 aromatic carbocycles. The van der Waals surface area contributed by atoms with Crippen LogP contribution in [0.15, 0.2) is 52.3 Å². The third-order valence-electron chi connectivity index (χ3n) is 5.19. The first-order chi connectivity index (χ1) is 12.1. The Hall–Kier alpha value is -1.76. The molecule has 1 heterocycles. The molecule has 6 heteroatoms. The normalized spacial score (nSPS) is 21.2. The third-order valence-corrected chi connectivity index (χ3v) is 6.95. The lowest BCUT2D eigenvalue weighted by Crippen LogP contribution is -2.44. The second kappa shape index (κ2) is 6.52. The molecule has 4 rings (SSSR count). The van der Waals surface area contributed by atoms with Crippen LogP contribution in [0.3, 0.4) is 0 Å². The molecule has 1 N–H and O–H groups in total. The standard InChI is InChI=1S/C19H21FN2O2S/c20-15-2-4-16(5-3-15)25(23,24)17-6-7-18-14(13-17)1-8-19(18)22-11-9-21-10-12-22/h2-7,13,19,21H,1,8-12H2. The zero-order valence-electron chi connectivity index (χ0n) is 13.9. The predicted molar refractivity (Wildman–Crippen MR) is 93.8 cm³/mol. The second-order valence-corrected chi connectivity index (χ2v) is 8.61. The van der Waals surface area contributed by atoms with Crippen LogP contribution >= 0.6 is 0 Å². The molecule has 25 heavy (non-hydrogen) atoms. The van der Waals surface area contributed by atoms with Crippen molar-refractivity contribution in [1.29, 1.82) is 0 Å². The number of hydrogen-bond acceptors (Lipinski definition) is 4. The van der Waals surface area contributed by atoms with E-state index >= 15 is 0 Å². The molecule has 1 aliphatic carbocycles. The average molecular weight is 360 g/mol. The Kier molecular flexibility index (Phi) is 4.35. The lowest BCUT2D eigenvalue weighted by Gasteiger charge is -2.33. The number of benzene rings is 2. The maximum atomic E-state index is 13.1. The Morgan fingerprint density at radius 1 is 1.00 bits per heavy atom. The molecule has 0 radical (unpaired) electrons. The first-order valence-corrected chi connectivity index (χ1v) is 10.1. The van der Waals surface area contributed by atoms with Gasteiger partial charge in [-0.25, -0.2) is 12.8 Å². The Morgan fingerprint density at radius 2 is 1.68 bits per heavy atom. The number of rotatable bonds is 3. The van der Waals surface area contributed by atoms with E-state index in [0.29, 0.717) is 10.9 Å². The van der Waals surface area contributed by atoms with Gasteiger partial charge in [0, 0.05) is 32.2 Å². The fourth-order valence-corrected chi connectivity index (χ4v) is 5.17. The summed E-state index contributed by atoms with van der Waals surface area (Å²) < 4.78 is 38.6. The molecule has 0 bridgehead atoms. The van der Waals surface area contributed by atoms with Crippen molar-refractivity contribution in [1.82, 2.24) is 10.2 Å². The fourth-order valence-electron chi connectivity index (χ4n) is 3.86. The Labute approximate surface area is 147 Å². The van der Waals surface area contributed by atoms with Gasteiger partial charge in [-0.1, -0.05) is 6.07 Å². The largest absolute Gasteiger partial charge is 0.314 e. The van der Waals surface area contributed by atoms with Crippen LogP contribution in [0.5, 0.6) is 0 Å². The second-order valence-electron chi connectivity index (χ2n) is 6.66. The molecule has 0 amide bonds. The van der Waals surface area contributed by atoms with Gasteiger partial charge in [-0.2, -0.15) is 0 Å². The van der Waals surface area contributed by atoms with Crippen LogP contribution in [0, 0.1) is 5.82 Å². The highest BCUT2D eigenvalue weighted by molar-refractivity contribution is 7.91. The number of aryl methyl sites for hydroxylation is 1. The van der Waals surface area contributed by atoms with Crippen molar-refractivity contribution >= 4 is 9.84 Å². The van der Waals surface area contributed by atoms with Gasteiger partial charge in [0.2, 0.25) is 9.84 Å².